The highest BCUT2D eigenvalue weighted by Crippen LogP contribution is 2.20. The number of unbranched alkanes of at least 4 members (excludes halogenated alkanes) is 1. The maximum atomic E-state index is 10.6. The van der Waals surface area contributed by atoms with Crippen molar-refractivity contribution in [2.75, 3.05) is 23.9 Å². The van der Waals surface area contributed by atoms with E-state index in [0.29, 0.717) is 5.82 Å². The number of hydrogen-bond acceptors (Lipinski definition) is 5. The van der Waals surface area contributed by atoms with Gasteiger partial charge in [0.2, 0.25) is 0 Å². The molecule has 0 aliphatic carbocycles. The first-order chi connectivity index (χ1) is 8.13. The fourth-order valence-corrected chi connectivity index (χ4v) is 1.96. The summed E-state index contributed by atoms with van der Waals surface area (Å²) in [6, 6.07) is 2.63. The molecular formula is C10H14ClN3O2S. The summed E-state index contributed by atoms with van der Waals surface area (Å²) in [5.41, 5.74) is -0.0448. The summed E-state index contributed by atoms with van der Waals surface area (Å²) in [5.74, 6) is 1.57. The molecule has 1 aromatic rings. The van der Waals surface area contributed by atoms with Crippen LogP contribution < -0.4 is 5.32 Å². The van der Waals surface area contributed by atoms with E-state index in [1.54, 1.807) is 11.8 Å². The highest BCUT2D eigenvalue weighted by molar-refractivity contribution is 7.98. The number of nitro groups is 1. The first-order valence-corrected chi connectivity index (χ1v) is 6.95. The number of thioether (sulfide) groups is 1. The van der Waals surface area contributed by atoms with Crippen molar-refractivity contribution in [3.8, 4) is 0 Å². The number of aromatic nitrogens is 1. The highest BCUT2D eigenvalue weighted by Gasteiger charge is 2.09. The van der Waals surface area contributed by atoms with E-state index in [9.17, 15) is 10.1 Å². The molecule has 0 unspecified atom stereocenters. The van der Waals surface area contributed by atoms with Gasteiger partial charge in [0.1, 0.15) is 11.0 Å². The Labute approximate surface area is 109 Å². The number of hydrogen-bond donors (Lipinski definition) is 1. The van der Waals surface area contributed by atoms with Crippen molar-refractivity contribution < 1.29 is 4.92 Å². The van der Waals surface area contributed by atoms with Gasteiger partial charge in [-0.25, -0.2) is 4.98 Å². The molecular weight excluding hydrogens is 262 g/mol. The van der Waals surface area contributed by atoms with Gasteiger partial charge in [-0.2, -0.15) is 11.8 Å². The van der Waals surface area contributed by atoms with Gasteiger partial charge in [-0.15, -0.1) is 0 Å². The summed E-state index contributed by atoms with van der Waals surface area (Å²) in [7, 11) is 0. The second-order valence-electron chi connectivity index (χ2n) is 3.42. The Bertz CT molecular complexity index is 390. The molecule has 0 fully saturated rings. The molecule has 94 valence electrons. The Morgan fingerprint density at radius 3 is 2.94 bits per heavy atom. The van der Waals surface area contributed by atoms with Gasteiger partial charge in [0, 0.05) is 6.54 Å². The number of rotatable bonds is 7. The second-order valence-corrected chi connectivity index (χ2v) is 4.79. The van der Waals surface area contributed by atoms with Gasteiger partial charge < -0.3 is 5.32 Å². The van der Waals surface area contributed by atoms with Gasteiger partial charge in [0.05, 0.1) is 17.1 Å². The summed E-state index contributed by atoms with van der Waals surface area (Å²) in [4.78, 5) is 14.1. The number of halogens is 1. The lowest BCUT2D eigenvalue weighted by atomic mass is 10.3. The molecule has 0 spiro atoms. The zero-order chi connectivity index (χ0) is 12.7. The van der Waals surface area contributed by atoms with Crippen LogP contribution in [0.4, 0.5) is 11.5 Å². The SMILES string of the molecule is CSCCCCNc1cc([N+](=O)[O-])cc(Cl)n1. The van der Waals surface area contributed by atoms with Crippen LogP contribution in [0.2, 0.25) is 5.15 Å². The number of nitrogens with one attached hydrogen (secondary N) is 1. The normalized spacial score (nSPS) is 10.2. The molecule has 17 heavy (non-hydrogen) atoms. The number of nitrogens with zero attached hydrogens (tertiary/aromatic N) is 2. The van der Waals surface area contributed by atoms with E-state index in [-0.39, 0.29) is 10.8 Å². The Morgan fingerprint density at radius 1 is 1.53 bits per heavy atom. The van der Waals surface area contributed by atoms with E-state index in [1.165, 1.54) is 12.1 Å². The van der Waals surface area contributed by atoms with Crippen molar-refractivity contribution in [1.82, 2.24) is 4.98 Å². The van der Waals surface area contributed by atoms with Crippen LogP contribution in [0.5, 0.6) is 0 Å². The van der Waals surface area contributed by atoms with Gasteiger partial charge in [0.15, 0.2) is 0 Å². The van der Waals surface area contributed by atoms with Crippen molar-refractivity contribution in [3.05, 3.63) is 27.4 Å². The summed E-state index contributed by atoms with van der Waals surface area (Å²) >= 11 is 7.50. The van der Waals surface area contributed by atoms with Crippen LogP contribution in [0, 0.1) is 10.1 Å². The lowest BCUT2D eigenvalue weighted by Crippen LogP contribution is -2.04. The van der Waals surface area contributed by atoms with Gasteiger partial charge in [-0.1, -0.05) is 11.6 Å². The van der Waals surface area contributed by atoms with Crippen LogP contribution in [-0.2, 0) is 0 Å². The minimum atomic E-state index is -0.480. The van der Waals surface area contributed by atoms with E-state index < -0.39 is 4.92 Å². The molecule has 1 aromatic heterocycles. The van der Waals surface area contributed by atoms with Crippen LogP contribution in [0.15, 0.2) is 12.1 Å². The first kappa shape index (κ1) is 14.1. The Kier molecular flexibility index (Phi) is 6.07. The molecule has 0 saturated heterocycles. The van der Waals surface area contributed by atoms with Gasteiger partial charge in [0.25, 0.3) is 5.69 Å². The van der Waals surface area contributed by atoms with E-state index in [2.05, 4.69) is 16.6 Å². The van der Waals surface area contributed by atoms with Crippen molar-refractivity contribution in [2.45, 2.75) is 12.8 Å². The van der Waals surface area contributed by atoms with Gasteiger partial charge in [-0.3, -0.25) is 10.1 Å². The largest absolute Gasteiger partial charge is 0.370 e. The summed E-state index contributed by atoms with van der Waals surface area (Å²) in [6.45, 7) is 0.741. The molecule has 0 bridgehead atoms. The molecule has 1 heterocycles. The fraction of sp³-hybridized carbons (Fsp3) is 0.500. The lowest BCUT2D eigenvalue weighted by Gasteiger charge is -2.05. The predicted molar refractivity (Wildman–Crippen MR) is 72.0 cm³/mol. The van der Waals surface area contributed by atoms with Crippen molar-refractivity contribution in [2.24, 2.45) is 0 Å². The smallest absolute Gasteiger partial charge is 0.276 e. The molecule has 0 radical (unpaired) electrons. The third-order valence-electron chi connectivity index (χ3n) is 2.07. The molecule has 0 aliphatic heterocycles. The summed E-state index contributed by atoms with van der Waals surface area (Å²) < 4.78 is 0. The monoisotopic (exact) mass is 275 g/mol. The van der Waals surface area contributed by atoms with E-state index in [0.717, 1.165) is 25.1 Å². The maximum absolute atomic E-state index is 10.6. The third-order valence-corrected chi connectivity index (χ3v) is 2.96. The molecule has 0 aromatic carbocycles. The van der Waals surface area contributed by atoms with Crippen LogP contribution in [0.1, 0.15) is 12.8 Å². The zero-order valence-corrected chi connectivity index (χ0v) is 11.1. The topological polar surface area (TPSA) is 68.1 Å². The molecule has 0 amide bonds. The zero-order valence-electron chi connectivity index (χ0n) is 9.48. The maximum Gasteiger partial charge on any atom is 0.276 e. The average Bonchev–Trinajstić information content (AvgIpc) is 2.28. The van der Waals surface area contributed by atoms with Crippen LogP contribution >= 0.6 is 23.4 Å². The second kappa shape index (κ2) is 7.34. The van der Waals surface area contributed by atoms with E-state index in [4.69, 9.17) is 11.6 Å². The van der Waals surface area contributed by atoms with Crippen molar-refractivity contribution in [3.63, 3.8) is 0 Å². The summed E-state index contributed by atoms with van der Waals surface area (Å²) in [6.07, 6.45) is 4.18. The van der Waals surface area contributed by atoms with E-state index >= 15 is 0 Å². The summed E-state index contributed by atoms with van der Waals surface area (Å²) in [5, 5.41) is 13.8. The van der Waals surface area contributed by atoms with E-state index in [1.807, 2.05) is 0 Å². The molecule has 7 heteroatoms. The van der Waals surface area contributed by atoms with Gasteiger partial charge >= 0.3 is 0 Å². The van der Waals surface area contributed by atoms with Crippen LogP contribution in [0.25, 0.3) is 0 Å². The minimum Gasteiger partial charge on any atom is -0.370 e. The molecule has 1 rings (SSSR count). The fourth-order valence-electron chi connectivity index (χ4n) is 1.27. The number of anilines is 1. The van der Waals surface area contributed by atoms with Crippen molar-refractivity contribution >= 4 is 34.9 Å². The van der Waals surface area contributed by atoms with Crippen LogP contribution in [-0.4, -0.2) is 28.5 Å². The number of pyridine rings is 1. The molecule has 0 atom stereocenters. The van der Waals surface area contributed by atoms with Crippen molar-refractivity contribution in [1.29, 1.82) is 0 Å². The first-order valence-electron chi connectivity index (χ1n) is 5.18. The molecule has 1 N–H and O–H groups in total. The molecule has 5 nitrogen and oxygen atoms in total. The average molecular weight is 276 g/mol. The predicted octanol–water partition coefficient (Wildman–Crippen LogP) is 3.20. The van der Waals surface area contributed by atoms with Crippen LogP contribution in [0.3, 0.4) is 0 Å². The quantitative estimate of drug-likeness (QED) is 0.358. The Hall–Kier alpha value is -1.01. The Balaban J connectivity index is 2.50. The third kappa shape index (κ3) is 5.23. The molecule has 0 aliphatic rings. The highest BCUT2D eigenvalue weighted by atomic mass is 35.5. The minimum absolute atomic E-state index is 0.0448. The standard InChI is InChI=1S/C10H14ClN3O2S/c1-17-5-3-2-4-12-10-7-8(14(15)16)6-9(11)13-10/h6-7H,2-5H2,1H3,(H,12,13). The molecule has 0 saturated carbocycles. The lowest BCUT2D eigenvalue weighted by molar-refractivity contribution is -0.384. The van der Waals surface area contributed by atoms with Gasteiger partial charge in [-0.05, 0) is 24.9 Å². The Morgan fingerprint density at radius 2 is 2.29 bits per heavy atom.